The third-order valence-electron chi connectivity index (χ3n) is 4.37. The highest BCUT2D eigenvalue weighted by molar-refractivity contribution is 7.20. The van der Waals surface area contributed by atoms with Crippen LogP contribution in [0.15, 0.2) is 0 Å². The molecule has 6 nitrogen and oxygen atoms in total. The molecule has 0 radical (unpaired) electrons. The Morgan fingerprint density at radius 3 is 2.83 bits per heavy atom. The van der Waals surface area contributed by atoms with E-state index in [-0.39, 0.29) is 12.1 Å². The molecule has 1 unspecified atom stereocenters. The Morgan fingerprint density at radius 1 is 1.38 bits per heavy atom. The van der Waals surface area contributed by atoms with E-state index in [1.54, 1.807) is 0 Å². The summed E-state index contributed by atoms with van der Waals surface area (Å²) in [6.07, 6.45) is 3.66. The Hall–Kier alpha value is -1.73. The van der Waals surface area contributed by atoms with Crippen molar-refractivity contribution in [2.24, 2.45) is 0 Å². The van der Waals surface area contributed by atoms with Gasteiger partial charge in [0.15, 0.2) is 0 Å². The molecule has 1 aliphatic heterocycles. The van der Waals surface area contributed by atoms with Crippen molar-refractivity contribution < 1.29 is 14.3 Å². The highest BCUT2D eigenvalue weighted by Gasteiger charge is 2.24. The number of esters is 1. The standard InChI is InChI=1S/C17H23N3O3S/c1-10-13-15(20(3)9-12-7-5-6-8-23-12)18-11(2)19-16(13)24-14(10)17(21)22-4/h12H,5-9H2,1-4H3. The van der Waals surface area contributed by atoms with E-state index in [0.717, 1.165) is 47.6 Å². The quantitative estimate of drug-likeness (QED) is 0.790. The summed E-state index contributed by atoms with van der Waals surface area (Å²) < 4.78 is 10.7. The maximum atomic E-state index is 12.0. The Kier molecular flexibility index (Phi) is 5.01. The first-order valence-electron chi connectivity index (χ1n) is 8.20. The highest BCUT2D eigenvalue weighted by atomic mass is 32.1. The second kappa shape index (κ2) is 7.03. The van der Waals surface area contributed by atoms with Gasteiger partial charge in [0.05, 0.1) is 18.6 Å². The van der Waals surface area contributed by atoms with Crippen molar-refractivity contribution in [3.05, 3.63) is 16.3 Å². The maximum absolute atomic E-state index is 12.0. The Morgan fingerprint density at radius 2 is 2.17 bits per heavy atom. The largest absolute Gasteiger partial charge is 0.465 e. The molecule has 24 heavy (non-hydrogen) atoms. The minimum Gasteiger partial charge on any atom is -0.465 e. The number of hydrogen-bond donors (Lipinski definition) is 0. The molecular formula is C17H23N3O3S. The van der Waals surface area contributed by atoms with Crippen LogP contribution in [0.3, 0.4) is 0 Å². The van der Waals surface area contributed by atoms with Crippen LogP contribution >= 0.6 is 11.3 Å². The molecule has 3 heterocycles. The molecule has 2 aromatic rings. The second-order valence-corrected chi connectivity index (χ2v) is 7.19. The third-order valence-corrected chi connectivity index (χ3v) is 5.53. The average Bonchev–Trinajstić information content (AvgIpc) is 2.91. The van der Waals surface area contributed by atoms with Gasteiger partial charge in [-0.15, -0.1) is 11.3 Å². The predicted molar refractivity (Wildman–Crippen MR) is 95.1 cm³/mol. The van der Waals surface area contributed by atoms with E-state index in [0.29, 0.717) is 10.7 Å². The van der Waals surface area contributed by atoms with Crippen molar-refractivity contribution in [2.45, 2.75) is 39.2 Å². The summed E-state index contributed by atoms with van der Waals surface area (Å²) >= 11 is 1.36. The lowest BCUT2D eigenvalue weighted by atomic mass is 10.1. The zero-order valence-electron chi connectivity index (χ0n) is 14.6. The summed E-state index contributed by atoms with van der Waals surface area (Å²) in [7, 11) is 3.42. The van der Waals surface area contributed by atoms with Crippen LogP contribution in [-0.4, -0.2) is 49.4 Å². The molecule has 1 saturated heterocycles. The first-order valence-corrected chi connectivity index (χ1v) is 9.01. The molecule has 2 aromatic heterocycles. The monoisotopic (exact) mass is 349 g/mol. The van der Waals surface area contributed by atoms with E-state index < -0.39 is 0 Å². The number of aromatic nitrogens is 2. The number of carbonyl (C=O) groups is 1. The number of nitrogens with zero attached hydrogens (tertiary/aromatic N) is 3. The van der Waals surface area contributed by atoms with Gasteiger partial charge in [-0.3, -0.25) is 0 Å². The van der Waals surface area contributed by atoms with Gasteiger partial charge in [-0.05, 0) is 38.7 Å². The summed E-state index contributed by atoms with van der Waals surface area (Å²) in [4.78, 5) is 24.7. The van der Waals surface area contributed by atoms with Crippen molar-refractivity contribution in [1.29, 1.82) is 0 Å². The first kappa shape index (κ1) is 17.1. The molecule has 0 bridgehead atoms. The minimum absolute atomic E-state index is 0.230. The molecule has 3 rings (SSSR count). The lowest BCUT2D eigenvalue weighted by Crippen LogP contribution is -2.34. The lowest BCUT2D eigenvalue weighted by Gasteiger charge is -2.28. The third kappa shape index (κ3) is 3.23. The fourth-order valence-electron chi connectivity index (χ4n) is 3.13. The van der Waals surface area contributed by atoms with Gasteiger partial charge in [0, 0.05) is 20.2 Å². The Bertz CT molecular complexity index is 753. The maximum Gasteiger partial charge on any atom is 0.348 e. The number of thiophene rings is 1. The molecule has 1 fully saturated rings. The first-order chi connectivity index (χ1) is 11.5. The number of ether oxygens (including phenoxy) is 2. The molecule has 130 valence electrons. The second-order valence-electron chi connectivity index (χ2n) is 6.19. The van der Waals surface area contributed by atoms with Gasteiger partial charge >= 0.3 is 5.97 Å². The van der Waals surface area contributed by atoms with Gasteiger partial charge in [-0.2, -0.15) is 0 Å². The van der Waals surface area contributed by atoms with Crippen molar-refractivity contribution in [3.63, 3.8) is 0 Å². The fourth-order valence-corrected chi connectivity index (χ4v) is 4.27. The Labute approximate surface area is 145 Å². The van der Waals surface area contributed by atoms with Crippen molar-refractivity contribution >= 4 is 33.3 Å². The topological polar surface area (TPSA) is 64.5 Å². The number of methoxy groups -OCH3 is 1. The van der Waals surface area contributed by atoms with Gasteiger partial charge in [-0.1, -0.05) is 0 Å². The molecule has 1 atom stereocenters. The number of hydrogen-bond acceptors (Lipinski definition) is 7. The number of likely N-dealkylation sites (N-methyl/N-ethyl adjacent to an activating group) is 1. The smallest absolute Gasteiger partial charge is 0.348 e. The van der Waals surface area contributed by atoms with E-state index in [4.69, 9.17) is 9.47 Å². The zero-order valence-corrected chi connectivity index (χ0v) is 15.4. The molecule has 0 saturated carbocycles. The molecule has 0 aromatic carbocycles. The summed E-state index contributed by atoms with van der Waals surface area (Å²) in [6, 6.07) is 0. The Balaban J connectivity index is 1.99. The summed E-state index contributed by atoms with van der Waals surface area (Å²) in [5, 5.41) is 0.935. The minimum atomic E-state index is -0.322. The molecular weight excluding hydrogens is 326 g/mol. The SMILES string of the molecule is COC(=O)c1sc2nc(C)nc(N(C)CC3CCCCO3)c2c1C. The van der Waals surface area contributed by atoms with Crippen LogP contribution in [0.1, 0.15) is 40.3 Å². The molecule has 0 aliphatic carbocycles. The number of carbonyl (C=O) groups excluding carboxylic acids is 1. The van der Waals surface area contributed by atoms with Crippen molar-refractivity contribution in [2.75, 3.05) is 32.2 Å². The lowest BCUT2D eigenvalue weighted by molar-refractivity contribution is 0.0215. The average molecular weight is 349 g/mol. The number of fused-ring (bicyclic) bond motifs is 1. The predicted octanol–water partition coefficient (Wildman–Crippen LogP) is 3.10. The number of aryl methyl sites for hydroxylation is 2. The van der Waals surface area contributed by atoms with E-state index in [1.807, 2.05) is 20.9 Å². The number of anilines is 1. The van der Waals surface area contributed by atoms with E-state index >= 15 is 0 Å². The van der Waals surface area contributed by atoms with Gasteiger partial charge in [0.1, 0.15) is 21.3 Å². The van der Waals surface area contributed by atoms with Gasteiger partial charge in [0.2, 0.25) is 0 Å². The fraction of sp³-hybridized carbons (Fsp3) is 0.588. The number of rotatable bonds is 4. The summed E-state index contributed by atoms with van der Waals surface area (Å²) in [5.41, 5.74) is 0.883. The summed E-state index contributed by atoms with van der Waals surface area (Å²) in [5.74, 6) is 1.24. The van der Waals surface area contributed by atoms with Gasteiger partial charge < -0.3 is 14.4 Å². The molecule has 1 aliphatic rings. The zero-order chi connectivity index (χ0) is 17.3. The van der Waals surface area contributed by atoms with Gasteiger partial charge in [-0.25, -0.2) is 14.8 Å². The summed E-state index contributed by atoms with van der Waals surface area (Å²) in [6.45, 7) is 5.42. The van der Waals surface area contributed by atoms with Crippen LogP contribution < -0.4 is 4.90 Å². The normalized spacial score (nSPS) is 17.9. The van der Waals surface area contributed by atoms with E-state index in [1.165, 1.54) is 24.9 Å². The van der Waals surface area contributed by atoms with Crippen molar-refractivity contribution in [1.82, 2.24) is 9.97 Å². The molecule has 0 spiro atoms. The van der Waals surface area contributed by atoms with Crippen molar-refractivity contribution in [3.8, 4) is 0 Å². The van der Waals surface area contributed by atoms with Crippen LogP contribution in [0, 0.1) is 13.8 Å². The van der Waals surface area contributed by atoms with Crippen LogP contribution in [0.25, 0.3) is 10.2 Å². The van der Waals surface area contributed by atoms with E-state index in [2.05, 4.69) is 14.9 Å². The van der Waals surface area contributed by atoms with Crippen LogP contribution in [0.5, 0.6) is 0 Å². The van der Waals surface area contributed by atoms with Crippen LogP contribution in [-0.2, 0) is 9.47 Å². The molecule has 7 heteroatoms. The highest BCUT2D eigenvalue weighted by Crippen LogP contribution is 2.35. The van der Waals surface area contributed by atoms with Gasteiger partial charge in [0.25, 0.3) is 0 Å². The van der Waals surface area contributed by atoms with Crippen LogP contribution in [0.4, 0.5) is 5.82 Å². The molecule has 0 amide bonds. The molecule has 0 N–H and O–H groups in total. The van der Waals surface area contributed by atoms with Crippen LogP contribution in [0.2, 0.25) is 0 Å². The van der Waals surface area contributed by atoms with E-state index in [9.17, 15) is 4.79 Å².